The molecule has 0 radical (unpaired) electrons. The van der Waals surface area contributed by atoms with Crippen LogP contribution in [0.15, 0.2) is 29.4 Å². The largest absolute Gasteiger partial charge is 0.361 e. The molecule has 1 aliphatic rings. The predicted octanol–water partition coefficient (Wildman–Crippen LogP) is 2.47. The van der Waals surface area contributed by atoms with Crippen molar-refractivity contribution in [3.05, 3.63) is 35.5 Å². The molecule has 1 saturated heterocycles. The van der Waals surface area contributed by atoms with Gasteiger partial charge in [-0.3, -0.25) is 4.99 Å². The van der Waals surface area contributed by atoms with Gasteiger partial charge in [-0.05, 0) is 43.2 Å². The summed E-state index contributed by atoms with van der Waals surface area (Å²) in [5, 5.41) is 8.04. The number of benzene rings is 1. The molecule has 29 heavy (non-hydrogen) atoms. The first kappa shape index (κ1) is 23.9. The summed E-state index contributed by atoms with van der Waals surface area (Å²) in [5.74, 6) is 1.26. The van der Waals surface area contributed by atoms with Crippen LogP contribution in [0.25, 0.3) is 10.9 Å². The highest BCUT2D eigenvalue weighted by Crippen LogP contribution is 2.21. The van der Waals surface area contributed by atoms with Crippen molar-refractivity contribution >= 4 is 50.9 Å². The smallest absolute Gasteiger partial charge is 0.211 e. The predicted molar refractivity (Wildman–Crippen MR) is 131 cm³/mol. The second kappa shape index (κ2) is 10.6. The number of sulfonamides is 1. The maximum absolute atomic E-state index is 11.6. The van der Waals surface area contributed by atoms with Gasteiger partial charge in [-0.15, -0.1) is 24.0 Å². The second-order valence-corrected chi connectivity index (χ2v) is 9.53. The quantitative estimate of drug-likeness (QED) is 0.303. The molecule has 0 aliphatic carbocycles. The minimum atomic E-state index is -3.06. The molecule has 3 rings (SSSR count). The zero-order valence-corrected chi connectivity index (χ0v) is 20.5. The fraction of sp³-hybridized carbons (Fsp3) is 0.550. The third kappa shape index (κ3) is 6.32. The van der Waals surface area contributed by atoms with Crippen LogP contribution in [0.4, 0.5) is 0 Å². The van der Waals surface area contributed by atoms with Gasteiger partial charge < -0.3 is 15.6 Å². The molecule has 2 heterocycles. The number of para-hydroxylation sites is 1. The lowest BCUT2D eigenvalue weighted by Crippen LogP contribution is -2.44. The highest BCUT2D eigenvalue weighted by Gasteiger charge is 2.24. The summed E-state index contributed by atoms with van der Waals surface area (Å²) in [5.41, 5.74) is 3.77. The highest BCUT2D eigenvalue weighted by atomic mass is 127. The fourth-order valence-electron chi connectivity index (χ4n) is 3.79. The number of nitrogens with one attached hydrogen (secondary N) is 3. The van der Waals surface area contributed by atoms with Crippen molar-refractivity contribution in [1.82, 2.24) is 19.9 Å². The van der Waals surface area contributed by atoms with E-state index in [1.54, 1.807) is 11.4 Å². The number of nitrogens with zero attached hydrogens (tertiary/aromatic N) is 2. The van der Waals surface area contributed by atoms with Crippen LogP contribution in [-0.4, -0.2) is 63.1 Å². The molecule has 1 aromatic carbocycles. The summed E-state index contributed by atoms with van der Waals surface area (Å²) in [7, 11) is -1.29. The molecule has 0 amide bonds. The van der Waals surface area contributed by atoms with Crippen LogP contribution >= 0.6 is 24.0 Å². The number of guanidine groups is 1. The van der Waals surface area contributed by atoms with E-state index in [2.05, 4.69) is 51.9 Å². The molecule has 3 N–H and O–H groups in total. The Morgan fingerprint density at radius 2 is 2.00 bits per heavy atom. The molecular weight excluding hydrogens is 501 g/mol. The molecule has 0 atom stereocenters. The second-order valence-electron chi connectivity index (χ2n) is 7.55. The van der Waals surface area contributed by atoms with Crippen LogP contribution in [0.2, 0.25) is 0 Å². The van der Waals surface area contributed by atoms with Crippen molar-refractivity contribution < 1.29 is 8.42 Å². The van der Waals surface area contributed by atoms with Crippen molar-refractivity contribution in [2.45, 2.75) is 26.2 Å². The Balaban J connectivity index is 0.00000300. The van der Waals surface area contributed by atoms with Gasteiger partial charge >= 0.3 is 0 Å². The summed E-state index contributed by atoms with van der Waals surface area (Å²) in [6.45, 7) is 4.94. The first-order chi connectivity index (χ1) is 13.4. The van der Waals surface area contributed by atoms with E-state index < -0.39 is 10.0 Å². The third-order valence-corrected chi connectivity index (χ3v) is 6.82. The molecule has 9 heteroatoms. The van der Waals surface area contributed by atoms with E-state index in [-0.39, 0.29) is 24.0 Å². The minimum absolute atomic E-state index is 0. The number of aliphatic imine (C=N–C) groups is 1. The van der Waals surface area contributed by atoms with E-state index in [0.717, 1.165) is 38.3 Å². The van der Waals surface area contributed by atoms with Crippen molar-refractivity contribution in [3.8, 4) is 0 Å². The Morgan fingerprint density at radius 1 is 1.28 bits per heavy atom. The summed E-state index contributed by atoms with van der Waals surface area (Å²) < 4.78 is 24.8. The fourth-order valence-corrected chi connectivity index (χ4v) is 4.67. The molecule has 7 nitrogen and oxygen atoms in total. The van der Waals surface area contributed by atoms with Gasteiger partial charge in [0.05, 0.1) is 6.26 Å². The van der Waals surface area contributed by atoms with E-state index in [1.807, 2.05) is 0 Å². The Morgan fingerprint density at radius 3 is 2.66 bits per heavy atom. The number of H-pyrrole nitrogens is 1. The number of aromatic nitrogens is 1. The van der Waals surface area contributed by atoms with Crippen LogP contribution in [0, 0.1) is 12.8 Å². The van der Waals surface area contributed by atoms with Gasteiger partial charge in [-0.2, -0.15) is 0 Å². The lowest BCUT2D eigenvalue weighted by molar-refractivity contribution is 0.275. The maximum Gasteiger partial charge on any atom is 0.211 e. The zero-order valence-electron chi connectivity index (χ0n) is 17.4. The lowest BCUT2D eigenvalue weighted by Gasteiger charge is -2.30. The first-order valence-corrected chi connectivity index (χ1v) is 11.7. The summed E-state index contributed by atoms with van der Waals surface area (Å²) >= 11 is 0. The lowest BCUT2D eigenvalue weighted by atomic mass is 9.98. The van der Waals surface area contributed by atoms with Gasteiger partial charge in [0.15, 0.2) is 5.96 Å². The summed E-state index contributed by atoms with van der Waals surface area (Å²) in [6.07, 6.45) is 6.05. The Bertz CT molecular complexity index is 933. The zero-order chi connectivity index (χ0) is 20.1. The average Bonchev–Trinajstić information content (AvgIpc) is 3.08. The van der Waals surface area contributed by atoms with Gasteiger partial charge in [0.25, 0.3) is 0 Å². The van der Waals surface area contributed by atoms with Gasteiger partial charge in [0, 0.05) is 50.3 Å². The van der Waals surface area contributed by atoms with Gasteiger partial charge in [0.2, 0.25) is 10.0 Å². The number of hydrogen-bond donors (Lipinski definition) is 3. The topological polar surface area (TPSA) is 89.6 Å². The summed E-state index contributed by atoms with van der Waals surface area (Å²) in [6, 6.07) is 6.37. The standard InChI is InChI=1S/C20H31N5O2S.HI/c1-15-5-4-6-18-17(14-23-19(15)18)7-10-22-20(21-2)24-13-16-8-11-25(12-9-16)28(3,26)27;/h4-6,14,16,23H,7-13H2,1-3H3,(H2,21,22,24);1H. The van der Waals surface area contributed by atoms with Crippen LogP contribution < -0.4 is 10.6 Å². The Labute approximate surface area is 190 Å². The Hall–Kier alpha value is -1.33. The molecule has 2 aromatic rings. The molecule has 162 valence electrons. The van der Waals surface area contributed by atoms with E-state index in [0.29, 0.717) is 19.0 Å². The number of hydrogen-bond acceptors (Lipinski definition) is 3. The maximum atomic E-state index is 11.6. The van der Waals surface area contributed by atoms with Gasteiger partial charge in [-0.25, -0.2) is 12.7 Å². The molecule has 0 bridgehead atoms. The van der Waals surface area contributed by atoms with Crippen LogP contribution in [0.1, 0.15) is 24.0 Å². The van der Waals surface area contributed by atoms with Crippen molar-refractivity contribution in [2.75, 3.05) is 39.5 Å². The van der Waals surface area contributed by atoms with E-state index >= 15 is 0 Å². The molecule has 1 aliphatic heterocycles. The first-order valence-electron chi connectivity index (χ1n) is 9.83. The molecule has 0 spiro atoms. The van der Waals surface area contributed by atoms with Gasteiger partial charge in [0.1, 0.15) is 0 Å². The van der Waals surface area contributed by atoms with E-state index in [1.165, 1.54) is 28.3 Å². The normalized spacial score (nSPS) is 16.6. The average molecular weight is 533 g/mol. The van der Waals surface area contributed by atoms with Crippen LogP contribution in [0.5, 0.6) is 0 Å². The van der Waals surface area contributed by atoms with Crippen molar-refractivity contribution in [2.24, 2.45) is 10.9 Å². The van der Waals surface area contributed by atoms with Crippen LogP contribution in [-0.2, 0) is 16.4 Å². The van der Waals surface area contributed by atoms with Gasteiger partial charge in [-0.1, -0.05) is 18.2 Å². The van der Waals surface area contributed by atoms with Crippen molar-refractivity contribution in [3.63, 3.8) is 0 Å². The number of aromatic amines is 1. The van der Waals surface area contributed by atoms with E-state index in [4.69, 9.17) is 0 Å². The number of piperidine rings is 1. The number of aryl methyl sites for hydroxylation is 1. The Kier molecular flexibility index (Phi) is 8.77. The van der Waals surface area contributed by atoms with Crippen molar-refractivity contribution in [1.29, 1.82) is 0 Å². The van der Waals surface area contributed by atoms with Crippen LogP contribution in [0.3, 0.4) is 0 Å². The summed E-state index contributed by atoms with van der Waals surface area (Å²) in [4.78, 5) is 7.67. The highest BCUT2D eigenvalue weighted by molar-refractivity contribution is 14.0. The monoisotopic (exact) mass is 533 g/mol. The number of fused-ring (bicyclic) bond motifs is 1. The molecule has 0 saturated carbocycles. The minimum Gasteiger partial charge on any atom is -0.361 e. The molecule has 0 unspecified atom stereocenters. The SMILES string of the molecule is CN=C(NCCc1c[nH]c2c(C)cccc12)NCC1CCN(S(C)(=O)=O)CC1.I. The number of halogens is 1. The van der Waals surface area contributed by atoms with E-state index in [9.17, 15) is 8.42 Å². The third-order valence-electron chi connectivity index (χ3n) is 5.52. The molecular formula is C20H32IN5O2S. The molecule has 1 aromatic heterocycles. The number of rotatable bonds is 6. The molecule has 1 fully saturated rings.